The first-order chi connectivity index (χ1) is 7.36. The van der Waals surface area contributed by atoms with E-state index < -0.39 is 17.9 Å². The van der Waals surface area contributed by atoms with Gasteiger partial charge in [0.25, 0.3) is 5.92 Å². The summed E-state index contributed by atoms with van der Waals surface area (Å²) in [6.45, 7) is 0.779. The molecule has 0 radical (unpaired) electrons. The first kappa shape index (κ1) is 12.6. The molecule has 0 heterocycles. The second kappa shape index (κ2) is 4.57. The fourth-order valence-electron chi connectivity index (χ4n) is 1.42. The van der Waals surface area contributed by atoms with E-state index in [4.69, 9.17) is 5.11 Å². The smallest absolute Gasteiger partial charge is 0.325 e. The lowest BCUT2D eigenvalue weighted by atomic mass is 10.0. The zero-order valence-corrected chi connectivity index (χ0v) is 9.00. The summed E-state index contributed by atoms with van der Waals surface area (Å²) in [7, 11) is 1.47. The number of carbonyl (C=O) groups is 1. The van der Waals surface area contributed by atoms with Crippen molar-refractivity contribution in [1.29, 1.82) is 0 Å². The van der Waals surface area contributed by atoms with Gasteiger partial charge in [0, 0.05) is 12.5 Å². The van der Waals surface area contributed by atoms with E-state index in [0.29, 0.717) is 5.56 Å². The third-order valence-electron chi connectivity index (χ3n) is 2.26. The molecule has 0 aliphatic heterocycles. The lowest BCUT2D eigenvalue weighted by molar-refractivity contribution is -0.139. The van der Waals surface area contributed by atoms with Crippen LogP contribution < -0.4 is 5.32 Å². The molecular weight excluding hydrogens is 216 g/mol. The van der Waals surface area contributed by atoms with Gasteiger partial charge in [-0.25, -0.2) is 8.78 Å². The Morgan fingerprint density at radius 2 is 2.12 bits per heavy atom. The van der Waals surface area contributed by atoms with Gasteiger partial charge in [-0.05, 0) is 18.7 Å². The van der Waals surface area contributed by atoms with Crippen LogP contribution in [0.3, 0.4) is 0 Å². The van der Waals surface area contributed by atoms with Crippen molar-refractivity contribution in [1.82, 2.24) is 5.32 Å². The molecule has 0 aromatic heterocycles. The molecule has 3 nitrogen and oxygen atoms in total. The lowest BCUT2D eigenvalue weighted by Crippen LogP contribution is -2.25. The molecule has 1 rings (SSSR count). The van der Waals surface area contributed by atoms with Gasteiger partial charge in [-0.2, -0.15) is 0 Å². The minimum atomic E-state index is -2.97. The number of halogens is 2. The minimum absolute atomic E-state index is 0.188. The average molecular weight is 229 g/mol. The van der Waals surface area contributed by atoms with E-state index in [1.165, 1.54) is 31.3 Å². The van der Waals surface area contributed by atoms with Gasteiger partial charge in [0.2, 0.25) is 0 Å². The summed E-state index contributed by atoms with van der Waals surface area (Å²) in [6, 6.07) is 4.44. The second-order valence-corrected chi connectivity index (χ2v) is 3.57. The van der Waals surface area contributed by atoms with Crippen LogP contribution in [0, 0.1) is 0 Å². The van der Waals surface area contributed by atoms with Crippen molar-refractivity contribution in [3.05, 3.63) is 35.4 Å². The van der Waals surface area contributed by atoms with E-state index in [-0.39, 0.29) is 5.56 Å². The van der Waals surface area contributed by atoms with E-state index in [9.17, 15) is 13.6 Å². The maximum atomic E-state index is 13.0. The minimum Gasteiger partial charge on any atom is -0.480 e. The van der Waals surface area contributed by atoms with Crippen molar-refractivity contribution in [2.24, 2.45) is 0 Å². The van der Waals surface area contributed by atoms with Crippen LogP contribution in [0.15, 0.2) is 24.3 Å². The number of rotatable bonds is 4. The molecule has 0 aliphatic rings. The SMILES string of the molecule is CNC(C(=O)O)c1cccc(C(C)(F)F)c1. The fraction of sp³-hybridized carbons (Fsp3) is 0.364. The molecule has 1 atom stereocenters. The highest BCUT2D eigenvalue weighted by molar-refractivity contribution is 5.75. The van der Waals surface area contributed by atoms with Gasteiger partial charge in [-0.3, -0.25) is 4.79 Å². The number of hydrogen-bond acceptors (Lipinski definition) is 2. The number of carboxylic acid groups (broad SMARTS) is 1. The molecule has 5 heteroatoms. The molecule has 16 heavy (non-hydrogen) atoms. The molecule has 0 saturated heterocycles. The van der Waals surface area contributed by atoms with Crippen LogP contribution in [0.25, 0.3) is 0 Å². The summed E-state index contributed by atoms with van der Waals surface area (Å²) >= 11 is 0. The van der Waals surface area contributed by atoms with Crippen molar-refractivity contribution in [2.45, 2.75) is 18.9 Å². The average Bonchev–Trinajstić information content (AvgIpc) is 2.17. The number of carboxylic acids is 1. The molecule has 0 fully saturated rings. The van der Waals surface area contributed by atoms with Gasteiger partial charge in [-0.1, -0.05) is 18.2 Å². The Bertz CT molecular complexity index is 388. The number of benzene rings is 1. The number of hydrogen-bond donors (Lipinski definition) is 2. The van der Waals surface area contributed by atoms with E-state index in [0.717, 1.165) is 6.92 Å². The van der Waals surface area contributed by atoms with Crippen LogP contribution in [0.4, 0.5) is 8.78 Å². The summed E-state index contributed by atoms with van der Waals surface area (Å²) in [5.74, 6) is -4.06. The molecule has 88 valence electrons. The molecule has 0 aliphatic carbocycles. The van der Waals surface area contributed by atoms with Gasteiger partial charge in [0.1, 0.15) is 6.04 Å². The number of likely N-dealkylation sites (N-methyl/N-ethyl adjacent to an activating group) is 1. The summed E-state index contributed by atoms with van der Waals surface area (Å²) in [5.41, 5.74) is 0.125. The van der Waals surface area contributed by atoms with Gasteiger partial charge in [0.15, 0.2) is 0 Å². The van der Waals surface area contributed by atoms with Crippen LogP contribution in [0.2, 0.25) is 0 Å². The molecule has 2 N–H and O–H groups in total. The monoisotopic (exact) mass is 229 g/mol. The molecule has 0 amide bonds. The van der Waals surface area contributed by atoms with Crippen LogP contribution in [-0.4, -0.2) is 18.1 Å². The quantitative estimate of drug-likeness (QED) is 0.831. The molecule has 0 saturated carbocycles. The highest BCUT2D eigenvalue weighted by Gasteiger charge is 2.26. The van der Waals surface area contributed by atoms with Crippen LogP contribution >= 0.6 is 0 Å². The molecule has 0 bridgehead atoms. The molecular formula is C11H13F2NO2. The van der Waals surface area contributed by atoms with Gasteiger partial charge in [0.05, 0.1) is 0 Å². The van der Waals surface area contributed by atoms with Crippen molar-refractivity contribution >= 4 is 5.97 Å². The number of aliphatic carboxylic acids is 1. The first-order valence-corrected chi connectivity index (χ1v) is 4.74. The van der Waals surface area contributed by atoms with Crippen molar-refractivity contribution in [3.8, 4) is 0 Å². The van der Waals surface area contributed by atoms with Gasteiger partial charge in [-0.15, -0.1) is 0 Å². The fourth-order valence-corrected chi connectivity index (χ4v) is 1.42. The largest absolute Gasteiger partial charge is 0.480 e. The Morgan fingerprint density at radius 1 is 1.50 bits per heavy atom. The van der Waals surface area contributed by atoms with Crippen molar-refractivity contribution in [3.63, 3.8) is 0 Å². The Balaban J connectivity index is 3.11. The second-order valence-electron chi connectivity index (χ2n) is 3.57. The Morgan fingerprint density at radius 3 is 2.56 bits per heavy atom. The van der Waals surface area contributed by atoms with Crippen molar-refractivity contribution in [2.75, 3.05) is 7.05 Å². The van der Waals surface area contributed by atoms with Gasteiger partial charge < -0.3 is 10.4 Å². The Labute approximate surface area is 92.1 Å². The highest BCUT2D eigenvalue weighted by Crippen LogP contribution is 2.28. The molecule has 1 unspecified atom stereocenters. The summed E-state index contributed by atoms with van der Waals surface area (Å²) < 4.78 is 26.1. The predicted octanol–water partition coefficient (Wildman–Crippen LogP) is 2.14. The van der Waals surface area contributed by atoms with E-state index in [2.05, 4.69) is 5.32 Å². The highest BCUT2D eigenvalue weighted by atomic mass is 19.3. The van der Waals surface area contributed by atoms with Gasteiger partial charge >= 0.3 is 5.97 Å². The Kier molecular flexibility index (Phi) is 3.59. The molecule has 0 spiro atoms. The van der Waals surface area contributed by atoms with Crippen molar-refractivity contribution < 1.29 is 18.7 Å². The van der Waals surface area contributed by atoms with Crippen LogP contribution in [-0.2, 0) is 10.7 Å². The maximum absolute atomic E-state index is 13.0. The topological polar surface area (TPSA) is 49.3 Å². The van der Waals surface area contributed by atoms with Crippen LogP contribution in [0.5, 0.6) is 0 Å². The zero-order valence-electron chi connectivity index (χ0n) is 9.00. The summed E-state index contributed by atoms with van der Waals surface area (Å²) in [5, 5.41) is 11.4. The van der Waals surface area contributed by atoms with E-state index in [1.54, 1.807) is 0 Å². The molecule has 1 aromatic carbocycles. The van der Waals surface area contributed by atoms with E-state index >= 15 is 0 Å². The number of nitrogens with one attached hydrogen (secondary N) is 1. The third-order valence-corrected chi connectivity index (χ3v) is 2.26. The standard InChI is InChI=1S/C11H13F2NO2/c1-11(12,13)8-5-3-4-7(6-8)9(14-2)10(15)16/h3-6,9,14H,1-2H3,(H,15,16). The summed E-state index contributed by atoms with van der Waals surface area (Å²) in [6.07, 6.45) is 0. The predicted molar refractivity (Wildman–Crippen MR) is 55.4 cm³/mol. The van der Waals surface area contributed by atoms with Crippen LogP contribution in [0.1, 0.15) is 24.1 Å². The zero-order chi connectivity index (χ0) is 12.3. The number of alkyl halides is 2. The lowest BCUT2D eigenvalue weighted by Gasteiger charge is -2.15. The first-order valence-electron chi connectivity index (χ1n) is 4.74. The maximum Gasteiger partial charge on any atom is 0.325 e. The molecule has 1 aromatic rings. The third kappa shape index (κ3) is 2.76. The Hall–Kier alpha value is -1.49. The van der Waals surface area contributed by atoms with E-state index in [1.807, 2.05) is 0 Å². The normalized spacial score (nSPS) is 13.5. The summed E-state index contributed by atoms with van der Waals surface area (Å²) in [4.78, 5) is 10.8.